The third-order valence-electron chi connectivity index (χ3n) is 2.96. The van der Waals surface area contributed by atoms with E-state index in [0.29, 0.717) is 0 Å². The van der Waals surface area contributed by atoms with Gasteiger partial charge in [-0.1, -0.05) is 49.0 Å². The van der Waals surface area contributed by atoms with Gasteiger partial charge in [0, 0.05) is 0 Å². The molecule has 0 heterocycles. The van der Waals surface area contributed by atoms with Crippen LogP contribution in [0, 0.1) is 33.1 Å². The van der Waals surface area contributed by atoms with Crippen molar-refractivity contribution in [3.63, 3.8) is 0 Å². The second-order valence-electron chi connectivity index (χ2n) is 4.38. The van der Waals surface area contributed by atoms with Crippen molar-refractivity contribution >= 4 is 11.0 Å². The molecule has 2 aliphatic rings. The molecule has 107 valence electrons. The van der Waals surface area contributed by atoms with E-state index >= 15 is 0 Å². The largest absolute Gasteiger partial charge is 3.00 e. The van der Waals surface area contributed by atoms with Gasteiger partial charge in [0.05, 0.1) is 0 Å². The van der Waals surface area contributed by atoms with Crippen LogP contribution in [-0.4, -0.2) is 11.0 Å². The minimum Gasteiger partial charge on any atom is -0.358 e. The molecular formula is C17H31SiTi. The molecule has 1 saturated carbocycles. The maximum atomic E-state index is 3.66. The standard InChI is InChI=1S/C9H11.C6H10.2CH3.H4Si.Ti/c1-2-5-9-7-3-6-8(9)4-1;1-5(2)6(3)4;;;;/h1-2,4-6,8-9H,3,7H2;1,3H2,2,4H3;2*1H3;1H4;/q-1;;2*-1;;+3. The Hall–Kier alpha value is -0.109. The van der Waals surface area contributed by atoms with Crippen LogP contribution in [0.4, 0.5) is 0 Å². The first-order valence-corrected chi connectivity index (χ1v) is 5.61. The van der Waals surface area contributed by atoms with E-state index in [9.17, 15) is 0 Å². The second kappa shape index (κ2) is 14.3. The first kappa shape index (κ1) is 27.3. The van der Waals surface area contributed by atoms with E-state index in [2.05, 4.69) is 43.9 Å². The molecule has 2 atom stereocenters. The molecule has 0 nitrogen and oxygen atoms in total. The van der Waals surface area contributed by atoms with Gasteiger partial charge in [-0.15, -0.1) is 12.0 Å². The summed E-state index contributed by atoms with van der Waals surface area (Å²) in [6.45, 7) is 11.2. The molecule has 2 rings (SSSR count). The van der Waals surface area contributed by atoms with Gasteiger partial charge in [-0.3, -0.25) is 0 Å². The number of fused-ring (bicyclic) bond motifs is 1. The summed E-state index contributed by atoms with van der Waals surface area (Å²) in [4.78, 5) is 0. The van der Waals surface area contributed by atoms with Crippen LogP contribution in [0.25, 0.3) is 0 Å². The van der Waals surface area contributed by atoms with Crippen molar-refractivity contribution in [1.29, 1.82) is 0 Å². The summed E-state index contributed by atoms with van der Waals surface area (Å²) >= 11 is 0. The Morgan fingerprint density at radius 3 is 1.95 bits per heavy atom. The van der Waals surface area contributed by atoms with Gasteiger partial charge in [-0.2, -0.15) is 6.42 Å². The fraction of sp³-hybridized carbons (Fsp3) is 0.353. The summed E-state index contributed by atoms with van der Waals surface area (Å²) in [5, 5.41) is 0. The Balaban J connectivity index is -0.000000104. The Bertz CT molecular complexity index is 272. The summed E-state index contributed by atoms with van der Waals surface area (Å²) in [6, 6.07) is 0. The Kier molecular flexibility index (Phi) is 20.5. The van der Waals surface area contributed by atoms with Gasteiger partial charge in [0.1, 0.15) is 0 Å². The van der Waals surface area contributed by atoms with Crippen LogP contribution in [-0.2, 0) is 21.7 Å². The van der Waals surface area contributed by atoms with Crippen molar-refractivity contribution < 1.29 is 21.7 Å². The summed E-state index contributed by atoms with van der Waals surface area (Å²) in [7, 11) is 0. The molecule has 0 bridgehead atoms. The zero-order valence-corrected chi connectivity index (χ0v) is 13.9. The third-order valence-corrected chi connectivity index (χ3v) is 2.96. The van der Waals surface area contributed by atoms with E-state index in [-0.39, 0.29) is 47.5 Å². The van der Waals surface area contributed by atoms with E-state index in [0.717, 1.165) is 23.0 Å². The van der Waals surface area contributed by atoms with Crippen molar-refractivity contribution in [3.05, 3.63) is 69.9 Å². The number of hydrogen-bond acceptors (Lipinski definition) is 0. The summed E-state index contributed by atoms with van der Waals surface area (Å²) in [6.07, 6.45) is 14.1. The number of allylic oxidation sites excluding steroid dienone is 6. The number of rotatable bonds is 1. The quantitative estimate of drug-likeness (QED) is 0.391. The van der Waals surface area contributed by atoms with Gasteiger partial charge in [-0.25, -0.2) is 0 Å². The fourth-order valence-corrected chi connectivity index (χ4v) is 1.69. The third kappa shape index (κ3) is 10.4. The van der Waals surface area contributed by atoms with E-state index in [1.807, 2.05) is 13.8 Å². The normalized spacial score (nSPS) is 20.9. The van der Waals surface area contributed by atoms with Gasteiger partial charge in [-0.05, 0) is 30.7 Å². The van der Waals surface area contributed by atoms with Gasteiger partial charge in [0.2, 0.25) is 0 Å². The first-order chi connectivity index (χ1) is 7.11. The van der Waals surface area contributed by atoms with Crippen molar-refractivity contribution in [2.45, 2.75) is 26.7 Å². The molecule has 0 amide bonds. The Labute approximate surface area is 141 Å². The maximum Gasteiger partial charge on any atom is 3.00 e. The maximum absolute atomic E-state index is 3.66. The predicted molar refractivity (Wildman–Crippen MR) is 92.6 cm³/mol. The van der Waals surface area contributed by atoms with E-state index in [4.69, 9.17) is 0 Å². The van der Waals surface area contributed by atoms with Gasteiger partial charge in [0.15, 0.2) is 0 Å². The average Bonchev–Trinajstić information content (AvgIpc) is 2.66. The fourth-order valence-electron chi connectivity index (χ4n) is 1.69. The smallest absolute Gasteiger partial charge is 0.358 e. The second-order valence-corrected chi connectivity index (χ2v) is 4.38. The van der Waals surface area contributed by atoms with E-state index in [1.165, 1.54) is 12.8 Å². The van der Waals surface area contributed by atoms with Crippen LogP contribution in [0.3, 0.4) is 0 Å². The van der Waals surface area contributed by atoms with E-state index < -0.39 is 0 Å². The molecule has 0 aliphatic heterocycles. The van der Waals surface area contributed by atoms with Crippen molar-refractivity contribution in [1.82, 2.24) is 0 Å². The molecule has 0 spiro atoms. The molecule has 0 aromatic heterocycles. The Morgan fingerprint density at radius 1 is 1.05 bits per heavy atom. The van der Waals surface area contributed by atoms with Crippen LogP contribution < -0.4 is 0 Å². The summed E-state index contributed by atoms with van der Waals surface area (Å²) < 4.78 is 0. The van der Waals surface area contributed by atoms with Crippen molar-refractivity contribution in [2.24, 2.45) is 11.8 Å². The van der Waals surface area contributed by atoms with Crippen LogP contribution >= 0.6 is 0 Å². The minimum atomic E-state index is 0. The molecular weight excluding hydrogens is 280 g/mol. The molecule has 0 N–H and O–H groups in total. The van der Waals surface area contributed by atoms with Gasteiger partial charge < -0.3 is 21.3 Å². The molecule has 2 aliphatic carbocycles. The van der Waals surface area contributed by atoms with Crippen LogP contribution in [0.1, 0.15) is 26.7 Å². The van der Waals surface area contributed by atoms with Crippen molar-refractivity contribution in [3.8, 4) is 0 Å². The SMILES string of the molecule is C1=CC2[CH-]CCC2C=C1.C=C(C)C(=C)C.[CH3-].[CH3-].[SiH4].[Ti+3]. The van der Waals surface area contributed by atoms with Crippen LogP contribution in [0.5, 0.6) is 0 Å². The molecule has 2 unspecified atom stereocenters. The summed E-state index contributed by atoms with van der Waals surface area (Å²) in [5.41, 5.74) is 2.13. The van der Waals surface area contributed by atoms with Crippen LogP contribution in [0.15, 0.2) is 48.6 Å². The molecule has 0 aromatic rings. The van der Waals surface area contributed by atoms with Gasteiger partial charge >= 0.3 is 21.7 Å². The predicted octanol–water partition coefficient (Wildman–Crippen LogP) is 3.93. The summed E-state index contributed by atoms with van der Waals surface area (Å²) in [5.74, 6) is 1.62. The van der Waals surface area contributed by atoms with Crippen molar-refractivity contribution in [2.75, 3.05) is 0 Å². The molecule has 0 aromatic carbocycles. The average molecular weight is 311 g/mol. The monoisotopic (exact) mass is 311 g/mol. The topological polar surface area (TPSA) is 0 Å². The zero-order chi connectivity index (χ0) is 11.3. The minimum absolute atomic E-state index is 0. The molecule has 1 radical (unpaired) electrons. The van der Waals surface area contributed by atoms with Crippen LogP contribution in [0.2, 0.25) is 0 Å². The molecule has 0 saturated heterocycles. The zero-order valence-electron chi connectivity index (χ0n) is 12.4. The molecule has 1 fully saturated rings. The van der Waals surface area contributed by atoms with Gasteiger partial charge in [0.25, 0.3) is 0 Å². The molecule has 19 heavy (non-hydrogen) atoms. The van der Waals surface area contributed by atoms with E-state index in [1.54, 1.807) is 0 Å². The molecule has 2 heteroatoms. The Morgan fingerprint density at radius 2 is 1.53 bits per heavy atom. The number of hydrogen-bond donors (Lipinski definition) is 0. The first-order valence-electron chi connectivity index (χ1n) is 5.61.